The van der Waals surface area contributed by atoms with Gasteiger partial charge in [0.2, 0.25) is 0 Å². The third-order valence-electron chi connectivity index (χ3n) is 0.902. The minimum absolute atomic E-state index is 0.620. The molecule has 0 bridgehead atoms. The van der Waals surface area contributed by atoms with E-state index in [0.717, 1.165) is 6.61 Å². The monoisotopic (exact) mass is 119 g/mol. The lowest BCUT2D eigenvalue weighted by Gasteiger charge is -2.24. The van der Waals surface area contributed by atoms with Gasteiger partial charge >= 0.3 is 0 Å². The second-order valence-electron chi connectivity index (χ2n) is 1.58. The number of hydrogen-bond acceptors (Lipinski definition) is 3. The van der Waals surface area contributed by atoms with E-state index in [4.69, 9.17) is 4.74 Å². The summed E-state index contributed by atoms with van der Waals surface area (Å²) in [7, 11) is 1.73. The molecule has 0 amide bonds. The Hall–Kier alpha value is 0.270. The quantitative estimate of drug-likeness (QED) is 0.527. The van der Waals surface area contributed by atoms with E-state index < -0.39 is 0 Å². The Kier molecular flexibility index (Phi) is 1.97. The molecule has 1 heterocycles. The standard InChI is InChI=1S/C4H9NOS/c1-6-2-4-3-7-5-4/h4-5H,2-3H2,1H3. The van der Waals surface area contributed by atoms with Crippen LogP contribution >= 0.6 is 11.9 Å². The summed E-state index contributed by atoms with van der Waals surface area (Å²) >= 11 is 1.76. The van der Waals surface area contributed by atoms with Crippen LogP contribution < -0.4 is 4.72 Å². The van der Waals surface area contributed by atoms with E-state index in [1.54, 1.807) is 19.1 Å². The molecular weight excluding hydrogens is 110 g/mol. The van der Waals surface area contributed by atoms with E-state index in [1.165, 1.54) is 5.75 Å². The van der Waals surface area contributed by atoms with E-state index in [9.17, 15) is 0 Å². The second-order valence-corrected chi connectivity index (χ2v) is 2.44. The van der Waals surface area contributed by atoms with E-state index in [-0.39, 0.29) is 0 Å². The highest BCUT2D eigenvalue weighted by Crippen LogP contribution is 2.10. The summed E-state index contributed by atoms with van der Waals surface area (Å²) in [4.78, 5) is 0. The maximum atomic E-state index is 4.87. The van der Waals surface area contributed by atoms with Crippen LogP contribution in [0.4, 0.5) is 0 Å². The molecule has 0 aromatic carbocycles. The number of rotatable bonds is 2. The molecule has 1 rings (SSSR count). The van der Waals surface area contributed by atoms with Crippen molar-refractivity contribution in [2.24, 2.45) is 0 Å². The molecule has 1 atom stereocenters. The zero-order valence-electron chi connectivity index (χ0n) is 4.31. The Labute approximate surface area is 47.8 Å². The van der Waals surface area contributed by atoms with Crippen molar-refractivity contribution in [3.8, 4) is 0 Å². The zero-order valence-corrected chi connectivity index (χ0v) is 5.12. The second kappa shape index (κ2) is 2.55. The summed E-state index contributed by atoms with van der Waals surface area (Å²) in [6.45, 7) is 0.854. The topological polar surface area (TPSA) is 21.3 Å². The Morgan fingerprint density at radius 1 is 2.00 bits per heavy atom. The number of hydrogen-bond donors (Lipinski definition) is 1. The van der Waals surface area contributed by atoms with Crippen molar-refractivity contribution in [1.29, 1.82) is 0 Å². The third-order valence-corrected chi connectivity index (χ3v) is 1.97. The molecule has 1 aliphatic heterocycles. The van der Waals surface area contributed by atoms with Crippen molar-refractivity contribution in [2.75, 3.05) is 19.5 Å². The van der Waals surface area contributed by atoms with Crippen LogP contribution in [0.15, 0.2) is 0 Å². The molecular formula is C4H9NOS. The summed E-state index contributed by atoms with van der Waals surface area (Å²) in [6.07, 6.45) is 0. The lowest BCUT2D eigenvalue weighted by molar-refractivity contribution is 0.178. The van der Waals surface area contributed by atoms with Gasteiger partial charge in [0.05, 0.1) is 12.6 Å². The normalized spacial score (nSPS) is 29.6. The van der Waals surface area contributed by atoms with Gasteiger partial charge in [0.15, 0.2) is 0 Å². The molecule has 1 unspecified atom stereocenters. The maximum Gasteiger partial charge on any atom is 0.0633 e. The van der Waals surface area contributed by atoms with Gasteiger partial charge in [-0.3, -0.25) is 4.72 Å². The first-order chi connectivity index (χ1) is 3.43. The predicted octanol–water partition coefficient (Wildman–Crippen LogP) is 0.253. The highest BCUT2D eigenvalue weighted by molar-refractivity contribution is 7.98. The molecule has 7 heavy (non-hydrogen) atoms. The molecule has 3 heteroatoms. The van der Waals surface area contributed by atoms with Crippen molar-refractivity contribution in [3.05, 3.63) is 0 Å². The Morgan fingerprint density at radius 2 is 2.71 bits per heavy atom. The van der Waals surface area contributed by atoms with Gasteiger partial charge in [-0.2, -0.15) is 0 Å². The Balaban J connectivity index is 1.93. The van der Waals surface area contributed by atoms with Crippen LogP contribution in [0.25, 0.3) is 0 Å². The highest BCUT2D eigenvalue weighted by Gasteiger charge is 2.15. The summed E-state index contributed by atoms with van der Waals surface area (Å²) in [5.41, 5.74) is 0. The van der Waals surface area contributed by atoms with Crippen LogP contribution in [-0.2, 0) is 4.74 Å². The van der Waals surface area contributed by atoms with Crippen LogP contribution in [0, 0.1) is 0 Å². The average Bonchev–Trinajstić information content (AvgIpc) is 1.55. The molecule has 0 radical (unpaired) electrons. The molecule has 1 N–H and O–H groups in total. The van der Waals surface area contributed by atoms with Crippen molar-refractivity contribution >= 4 is 11.9 Å². The number of ether oxygens (including phenoxy) is 1. The van der Waals surface area contributed by atoms with Gasteiger partial charge in [-0.1, -0.05) is 11.9 Å². The summed E-state index contributed by atoms with van der Waals surface area (Å²) in [5, 5.41) is 0. The maximum absolute atomic E-state index is 4.87. The fourth-order valence-electron chi connectivity index (χ4n) is 0.485. The number of nitrogens with one attached hydrogen (secondary N) is 1. The van der Waals surface area contributed by atoms with Crippen molar-refractivity contribution in [3.63, 3.8) is 0 Å². The first-order valence-corrected chi connectivity index (χ1v) is 3.28. The van der Waals surface area contributed by atoms with Gasteiger partial charge in [0, 0.05) is 12.9 Å². The fraction of sp³-hybridized carbons (Fsp3) is 1.00. The lowest BCUT2D eigenvalue weighted by atomic mass is 10.4. The largest absolute Gasteiger partial charge is 0.383 e. The molecule has 2 nitrogen and oxygen atoms in total. The van der Waals surface area contributed by atoms with Crippen LogP contribution in [0.5, 0.6) is 0 Å². The molecule has 1 aliphatic rings. The Bertz CT molecular complexity index is 55.7. The third kappa shape index (κ3) is 1.33. The summed E-state index contributed by atoms with van der Waals surface area (Å²) in [5.74, 6) is 1.20. The minimum atomic E-state index is 0.620. The van der Waals surface area contributed by atoms with E-state index in [1.807, 2.05) is 0 Å². The first kappa shape index (κ1) is 5.41. The SMILES string of the molecule is COCC1CSN1. The van der Waals surface area contributed by atoms with Gasteiger partial charge in [-0.05, 0) is 0 Å². The van der Waals surface area contributed by atoms with Crippen LogP contribution in [0.1, 0.15) is 0 Å². The molecule has 1 fully saturated rings. The van der Waals surface area contributed by atoms with Crippen LogP contribution in [0.3, 0.4) is 0 Å². The first-order valence-electron chi connectivity index (χ1n) is 2.29. The van der Waals surface area contributed by atoms with Gasteiger partial charge in [0.25, 0.3) is 0 Å². The average molecular weight is 119 g/mol. The minimum Gasteiger partial charge on any atom is -0.383 e. The summed E-state index contributed by atoms with van der Waals surface area (Å²) in [6, 6.07) is 0.620. The van der Waals surface area contributed by atoms with E-state index in [2.05, 4.69) is 4.72 Å². The van der Waals surface area contributed by atoms with Crippen molar-refractivity contribution in [1.82, 2.24) is 4.72 Å². The van der Waals surface area contributed by atoms with Crippen molar-refractivity contribution in [2.45, 2.75) is 6.04 Å². The van der Waals surface area contributed by atoms with Gasteiger partial charge in [-0.25, -0.2) is 0 Å². The molecule has 42 valence electrons. The van der Waals surface area contributed by atoms with Crippen LogP contribution in [-0.4, -0.2) is 25.5 Å². The summed E-state index contributed by atoms with van der Waals surface area (Å²) < 4.78 is 8.01. The van der Waals surface area contributed by atoms with Gasteiger partial charge < -0.3 is 4.74 Å². The van der Waals surface area contributed by atoms with Crippen molar-refractivity contribution < 1.29 is 4.74 Å². The number of methoxy groups -OCH3 is 1. The molecule has 0 aromatic rings. The lowest BCUT2D eigenvalue weighted by Crippen LogP contribution is -2.40. The van der Waals surface area contributed by atoms with Crippen LogP contribution in [0.2, 0.25) is 0 Å². The smallest absolute Gasteiger partial charge is 0.0633 e. The zero-order chi connectivity index (χ0) is 5.11. The molecule has 1 saturated heterocycles. The molecule has 0 spiro atoms. The molecule has 0 saturated carbocycles. The fourth-order valence-corrected chi connectivity index (χ4v) is 1.05. The van der Waals surface area contributed by atoms with E-state index >= 15 is 0 Å². The van der Waals surface area contributed by atoms with Gasteiger partial charge in [-0.15, -0.1) is 0 Å². The molecule has 0 aromatic heterocycles. The predicted molar refractivity (Wildman–Crippen MR) is 31.3 cm³/mol. The highest BCUT2D eigenvalue weighted by atomic mass is 32.2. The Morgan fingerprint density at radius 3 is 2.86 bits per heavy atom. The van der Waals surface area contributed by atoms with Gasteiger partial charge in [0.1, 0.15) is 0 Å². The molecule has 0 aliphatic carbocycles. The van der Waals surface area contributed by atoms with E-state index in [0.29, 0.717) is 6.04 Å².